The fraction of sp³-hybridized carbons (Fsp3) is 0. The molecule has 3 rings (SSSR count). The molecule has 0 unspecified atom stereocenters. The van der Waals surface area contributed by atoms with Crippen LogP contribution in [0.1, 0.15) is 20.7 Å². The third-order valence-electron chi connectivity index (χ3n) is 2.60. The third kappa shape index (κ3) is 1.13. The van der Waals surface area contributed by atoms with Gasteiger partial charge in [-0.2, -0.15) is 0 Å². The fourth-order valence-electron chi connectivity index (χ4n) is 1.91. The topological polar surface area (TPSA) is 43.4 Å². The van der Waals surface area contributed by atoms with E-state index in [1.165, 1.54) is 0 Å². The average Bonchev–Trinajstić information content (AvgIpc) is 2.26. The minimum absolute atomic E-state index is 0.424. The Morgan fingerprint density at radius 1 is 1.00 bits per heavy atom. The molecule has 0 saturated carbocycles. The van der Waals surface area contributed by atoms with Crippen LogP contribution in [0.3, 0.4) is 0 Å². The first-order valence-electron chi connectivity index (χ1n) is 4.66. The molecule has 1 heterocycles. The zero-order chi connectivity index (χ0) is 11.3. The molecule has 2 aromatic rings. The van der Waals surface area contributed by atoms with Crippen LogP contribution >= 0.6 is 15.9 Å². The van der Waals surface area contributed by atoms with Crippen LogP contribution in [0.15, 0.2) is 34.8 Å². The van der Waals surface area contributed by atoms with Crippen molar-refractivity contribution >= 4 is 38.6 Å². The van der Waals surface area contributed by atoms with Crippen molar-refractivity contribution in [1.82, 2.24) is 0 Å². The summed E-state index contributed by atoms with van der Waals surface area (Å²) in [4.78, 5) is 23.2. The summed E-state index contributed by atoms with van der Waals surface area (Å²) in [5, 5.41) is 1.53. The summed E-state index contributed by atoms with van der Waals surface area (Å²) < 4.78 is 5.32. The number of benzene rings is 2. The predicted octanol–water partition coefficient (Wildman–Crippen LogP) is 2.91. The van der Waals surface area contributed by atoms with E-state index in [0.717, 1.165) is 5.39 Å². The van der Waals surface area contributed by atoms with Crippen molar-refractivity contribution < 1.29 is 14.3 Å². The van der Waals surface area contributed by atoms with E-state index in [4.69, 9.17) is 0 Å². The van der Waals surface area contributed by atoms with Gasteiger partial charge in [0, 0.05) is 9.86 Å². The Hall–Kier alpha value is -1.68. The Morgan fingerprint density at radius 3 is 2.62 bits per heavy atom. The maximum absolute atomic E-state index is 11.6. The number of hydrogen-bond donors (Lipinski definition) is 0. The Labute approximate surface area is 99.1 Å². The second-order valence-electron chi connectivity index (χ2n) is 3.50. The van der Waals surface area contributed by atoms with Gasteiger partial charge in [0.15, 0.2) is 0 Å². The highest BCUT2D eigenvalue weighted by atomic mass is 79.9. The Morgan fingerprint density at radius 2 is 1.81 bits per heavy atom. The van der Waals surface area contributed by atoms with Crippen LogP contribution in [0.5, 0.6) is 0 Å². The average molecular weight is 277 g/mol. The van der Waals surface area contributed by atoms with Gasteiger partial charge in [-0.05, 0) is 33.4 Å². The van der Waals surface area contributed by atoms with E-state index in [-0.39, 0.29) is 0 Å². The summed E-state index contributed by atoms with van der Waals surface area (Å²) in [6.07, 6.45) is 0. The highest BCUT2D eigenvalue weighted by Gasteiger charge is 2.28. The molecule has 1 aliphatic heterocycles. The van der Waals surface area contributed by atoms with Gasteiger partial charge in [-0.25, -0.2) is 9.59 Å². The largest absolute Gasteiger partial charge is 0.386 e. The van der Waals surface area contributed by atoms with Crippen molar-refractivity contribution in [3.63, 3.8) is 0 Å². The summed E-state index contributed by atoms with van der Waals surface area (Å²) >= 11 is 3.29. The van der Waals surface area contributed by atoms with Gasteiger partial charge < -0.3 is 4.74 Å². The number of carbonyl (C=O) groups is 2. The number of cyclic esters (lactones) is 2. The van der Waals surface area contributed by atoms with Gasteiger partial charge in [-0.1, -0.05) is 18.2 Å². The molecule has 0 atom stereocenters. The van der Waals surface area contributed by atoms with Crippen molar-refractivity contribution in [2.24, 2.45) is 0 Å². The van der Waals surface area contributed by atoms with Crippen LogP contribution in [0.4, 0.5) is 0 Å². The first-order valence-corrected chi connectivity index (χ1v) is 5.45. The van der Waals surface area contributed by atoms with Crippen LogP contribution in [0, 0.1) is 0 Å². The normalized spacial score (nSPS) is 14.1. The van der Waals surface area contributed by atoms with E-state index >= 15 is 0 Å². The molecule has 0 aromatic heterocycles. The number of ether oxygens (including phenoxy) is 1. The van der Waals surface area contributed by atoms with Gasteiger partial charge in [0.25, 0.3) is 0 Å². The second-order valence-corrected chi connectivity index (χ2v) is 4.36. The predicted molar refractivity (Wildman–Crippen MR) is 61.4 cm³/mol. The molecule has 0 radical (unpaired) electrons. The second kappa shape index (κ2) is 3.15. The molecule has 78 valence electrons. The summed E-state index contributed by atoms with van der Waals surface area (Å²) in [6.45, 7) is 0. The van der Waals surface area contributed by atoms with Crippen molar-refractivity contribution in [3.8, 4) is 0 Å². The van der Waals surface area contributed by atoms with E-state index in [9.17, 15) is 9.59 Å². The van der Waals surface area contributed by atoms with Gasteiger partial charge in [-0.3, -0.25) is 0 Å². The smallest absolute Gasteiger partial charge is 0.347 e. The number of halogens is 1. The Kier molecular flexibility index (Phi) is 1.88. The molecule has 1 aliphatic rings. The van der Waals surface area contributed by atoms with Gasteiger partial charge in [0.05, 0.1) is 11.1 Å². The number of carbonyl (C=O) groups excluding carboxylic acids is 2. The number of esters is 2. The highest BCUT2D eigenvalue weighted by Crippen LogP contribution is 2.33. The standard InChI is InChI=1S/C12H5BrO3/c13-8-5-4-6-2-1-3-7-9(6)10(8)12(15)16-11(7)14/h1-5H. The monoisotopic (exact) mass is 276 g/mol. The molecule has 0 N–H and O–H groups in total. The molecule has 0 fully saturated rings. The summed E-state index contributed by atoms with van der Waals surface area (Å²) in [6, 6.07) is 8.93. The lowest BCUT2D eigenvalue weighted by molar-refractivity contribution is 0.0390. The van der Waals surface area contributed by atoms with E-state index in [1.807, 2.05) is 12.1 Å². The maximum Gasteiger partial charge on any atom is 0.347 e. The Balaban J connectivity index is 2.58. The first kappa shape index (κ1) is 9.54. The third-order valence-corrected chi connectivity index (χ3v) is 3.27. The molecule has 2 aromatic carbocycles. The molecule has 0 saturated heterocycles. The van der Waals surface area contributed by atoms with Crippen molar-refractivity contribution in [2.45, 2.75) is 0 Å². The van der Waals surface area contributed by atoms with E-state index in [2.05, 4.69) is 20.7 Å². The molecule has 3 nitrogen and oxygen atoms in total. The molecule has 0 aliphatic carbocycles. The van der Waals surface area contributed by atoms with Crippen LogP contribution in [-0.4, -0.2) is 11.9 Å². The van der Waals surface area contributed by atoms with E-state index < -0.39 is 11.9 Å². The fourth-order valence-corrected chi connectivity index (χ4v) is 2.41. The van der Waals surface area contributed by atoms with Crippen molar-refractivity contribution in [3.05, 3.63) is 45.9 Å². The molecule has 16 heavy (non-hydrogen) atoms. The van der Waals surface area contributed by atoms with E-state index in [1.54, 1.807) is 18.2 Å². The number of hydrogen-bond acceptors (Lipinski definition) is 3. The van der Waals surface area contributed by atoms with Crippen LogP contribution in [0.25, 0.3) is 10.8 Å². The van der Waals surface area contributed by atoms with Crippen LogP contribution in [-0.2, 0) is 4.74 Å². The lowest BCUT2D eigenvalue weighted by Crippen LogP contribution is -2.19. The van der Waals surface area contributed by atoms with Gasteiger partial charge in [0.1, 0.15) is 0 Å². The summed E-state index contributed by atoms with van der Waals surface area (Å²) in [7, 11) is 0. The van der Waals surface area contributed by atoms with Gasteiger partial charge >= 0.3 is 11.9 Å². The highest BCUT2D eigenvalue weighted by molar-refractivity contribution is 9.10. The van der Waals surface area contributed by atoms with Crippen LogP contribution in [0.2, 0.25) is 0 Å². The molecule has 4 heteroatoms. The van der Waals surface area contributed by atoms with Crippen molar-refractivity contribution in [1.29, 1.82) is 0 Å². The number of rotatable bonds is 0. The summed E-state index contributed by atoms with van der Waals surface area (Å²) in [5.41, 5.74) is 0.862. The van der Waals surface area contributed by atoms with Crippen LogP contribution < -0.4 is 0 Å². The van der Waals surface area contributed by atoms with E-state index in [0.29, 0.717) is 21.0 Å². The van der Waals surface area contributed by atoms with Crippen molar-refractivity contribution in [2.75, 3.05) is 0 Å². The molecule has 0 spiro atoms. The summed E-state index contributed by atoms with van der Waals surface area (Å²) in [5.74, 6) is -1.18. The minimum atomic E-state index is -0.596. The van der Waals surface area contributed by atoms with Gasteiger partial charge in [0.2, 0.25) is 0 Å². The minimum Gasteiger partial charge on any atom is -0.386 e. The molecule has 0 bridgehead atoms. The first-order chi connectivity index (χ1) is 7.68. The zero-order valence-electron chi connectivity index (χ0n) is 7.99. The molecule has 0 amide bonds. The maximum atomic E-state index is 11.6. The lowest BCUT2D eigenvalue weighted by atomic mass is 9.97. The molecular weight excluding hydrogens is 272 g/mol. The molecular formula is C12H5BrO3. The zero-order valence-corrected chi connectivity index (χ0v) is 9.58. The quantitative estimate of drug-likeness (QED) is 0.549. The lowest BCUT2D eigenvalue weighted by Gasteiger charge is -2.16. The Bertz CT molecular complexity index is 646. The SMILES string of the molecule is O=C1OC(=O)c2c(Br)ccc3cccc1c23. The van der Waals surface area contributed by atoms with Gasteiger partial charge in [-0.15, -0.1) is 0 Å².